The van der Waals surface area contributed by atoms with Crippen LogP contribution in [0.25, 0.3) is 16.9 Å². The Kier molecular flexibility index (Phi) is 5.16. The van der Waals surface area contributed by atoms with Crippen LogP contribution in [0, 0.1) is 5.92 Å². The molecule has 1 N–H and O–H groups in total. The molecule has 5 heteroatoms. The molecule has 2 aromatic heterocycles. The number of benzene rings is 1. The summed E-state index contributed by atoms with van der Waals surface area (Å²) in [7, 11) is 1.70. The van der Waals surface area contributed by atoms with Gasteiger partial charge in [0.2, 0.25) is 0 Å². The number of ether oxygens (including phenoxy) is 1. The SMILES string of the molecule is COc1ccc(C(C)C)cc1-c1cnc2ccc(NC(C)C(C)C)nn12. The van der Waals surface area contributed by atoms with Crippen molar-refractivity contribution < 1.29 is 4.74 Å². The monoisotopic (exact) mass is 352 g/mol. The number of rotatable bonds is 6. The lowest BCUT2D eigenvalue weighted by Crippen LogP contribution is -2.22. The summed E-state index contributed by atoms with van der Waals surface area (Å²) in [5.41, 5.74) is 4.02. The molecule has 0 bridgehead atoms. The summed E-state index contributed by atoms with van der Waals surface area (Å²) in [6, 6.07) is 10.6. The highest BCUT2D eigenvalue weighted by atomic mass is 16.5. The van der Waals surface area contributed by atoms with Crippen LogP contribution in [0.2, 0.25) is 0 Å². The first-order chi connectivity index (χ1) is 12.4. The van der Waals surface area contributed by atoms with E-state index in [0.29, 0.717) is 17.9 Å². The molecule has 2 heterocycles. The number of methoxy groups -OCH3 is 1. The Morgan fingerprint density at radius 1 is 1.04 bits per heavy atom. The van der Waals surface area contributed by atoms with Gasteiger partial charge in [-0.25, -0.2) is 9.50 Å². The predicted octanol–water partition coefficient (Wildman–Crippen LogP) is 4.98. The summed E-state index contributed by atoms with van der Waals surface area (Å²) in [4.78, 5) is 4.52. The van der Waals surface area contributed by atoms with Crippen molar-refractivity contribution in [2.45, 2.75) is 46.6 Å². The van der Waals surface area contributed by atoms with E-state index in [4.69, 9.17) is 9.84 Å². The summed E-state index contributed by atoms with van der Waals surface area (Å²) in [6.45, 7) is 10.9. The summed E-state index contributed by atoms with van der Waals surface area (Å²) in [6.07, 6.45) is 1.86. The Morgan fingerprint density at radius 3 is 2.46 bits per heavy atom. The van der Waals surface area contributed by atoms with E-state index < -0.39 is 0 Å². The van der Waals surface area contributed by atoms with Crippen LogP contribution in [0.15, 0.2) is 36.5 Å². The van der Waals surface area contributed by atoms with Crippen molar-refractivity contribution in [1.82, 2.24) is 14.6 Å². The first-order valence-corrected chi connectivity index (χ1v) is 9.20. The van der Waals surface area contributed by atoms with Gasteiger partial charge in [-0.3, -0.25) is 0 Å². The van der Waals surface area contributed by atoms with Crippen molar-refractivity contribution in [1.29, 1.82) is 0 Å². The van der Waals surface area contributed by atoms with E-state index >= 15 is 0 Å². The lowest BCUT2D eigenvalue weighted by atomic mass is 9.99. The molecular formula is C21H28N4O. The molecule has 0 aliphatic rings. The summed E-state index contributed by atoms with van der Waals surface area (Å²) in [5.74, 6) is 2.64. The lowest BCUT2D eigenvalue weighted by molar-refractivity contribution is 0.416. The van der Waals surface area contributed by atoms with E-state index in [2.05, 4.69) is 57.1 Å². The maximum atomic E-state index is 5.59. The highest BCUT2D eigenvalue weighted by Crippen LogP contribution is 2.33. The van der Waals surface area contributed by atoms with Crippen LogP contribution in [0.5, 0.6) is 5.75 Å². The van der Waals surface area contributed by atoms with E-state index in [-0.39, 0.29) is 0 Å². The molecule has 0 saturated carbocycles. The number of hydrogen-bond donors (Lipinski definition) is 1. The van der Waals surface area contributed by atoms with Gasteiger partial charge in [0.1, 0.15) is 11.6 Å². The van der Waals surface area contributed by atoms with Crippen molar-refractivity contribution in [3.63, 3.8) is 0 Å². The van der Waals surface area contributed by atoms with E-state index in [9.17, 15) is 0 Å². The number of anilines is 1. The minimum Gasteiger partial charge on any atom is -0.496 e. The number of hydrogen-bond acceptors (Lipinski definition) is 4. The first kappa shape index (κ1) is 18.2. The van der Waals surface area contributed by atoms with Gasteiger partial charge in [0, 0.05) is 11.6 Å². The van der Waals surface area contributed by atoms with Crippen LogP contribution in [0.4, 0.5) is 5.82 Å². The fourth-order valence-corrected chi connectivity index (χ4v) is 2.82. The van der Waals surface area contributed by atoms with Crippen LogP contribution in [-0.4, -0.2) is 27.7 Å². The molecule has 138 valence electrons. The zero-order chi connectivity index (χ0) is 18.8. The van der Waals surface area contributed by atoms with Crippen LogP contribution in [-0.2, 0) is 0 Å². The highest BCUT2D eigenvalue weighted by Gasteiger charge is 2.15. The van der Waals surface area contributed by atoms with Gasteiger partial charge in [-0.15, -0.1) is 5.10 Å². The molecule has 1 unspecified atom stereocenters. The zero-order valence-corrected chi connectivity index (χ0v) is 16.4. The van der Waals surface area contributed by atoms with E-state index in [1.54, 1.807) is 7.11 Å². The van der Waals surface area contributed by atoms with Gasteiger partial charge >= 0.3 is 0 Å². The highest BCUT2D eigenvalue weighted by molar-refractivity contribution is 5.71. The molecule has 26 heavy (non-hydrogen) atoms. The van der Waals surface area contributed by atoms with Crippen molar-refractivity contribution in [2.75, 3.05) is 12.4 Å². The fraction of sp³-hybridized carbons (Fsp3) is 0.429. The second-order valence-corrected chi connectivity index (χ2v) is 7.42. The van der Waals surface area contributed by atoms with Gasteiger partial charge in [0.25, 0.3) is 0 Å². The minimum atomic E-state index is 0.339. The molecule has 0 radical (unpaired) electrons. The third kappa shape index (κ3) is 3.52. The molecule has 1 atom stereocenters. The second-order valence-electron chi connectivity index (χ2n) is 7.42. The molecular weight excluding hydrogens is 324 g/mol. The molecule has 0 aliphatic heterocycles. The van der Waals surface area contributed by atoms with Gasteiger partial charge < -0.3 is 10.1 Å². The molecule has 3 rings (SSSR count). The van der Waals surface area contributed by atoms with Crippen molar-refractivity contribution in [3.8, 4) is 17.0 Å². The number of nitrogens with zero attached hydrogens (tertiary/aromatic N) is 3. The first-order valence-electron chi connectivity index (χ1n) is 9.20. The Morgan fingerprint density at radius 2 is 1.81 bits per heavy atom. The normalized spacial score (nSPS) is 12.8. The van der Waals surface area contributed by atoms with Gasteiger partial charge in [-0.1, -0.05) is 33.8 Å². The van der Waals surface area contributed by atoms with Crippen molar-refractivity contribution in [3.05, 3.63) is 42.1 Å². The number of fused-ring (bicyclic) bond motifs is 1. The average molecular weight is 352 g/mol. The van der Waals surface area contributed by atoms with Crippen LogP contribution in [0.3, 0.4) is 0 Å². The molecule has 1 aromatic carbocycles. The third-order valence-corrected chi connectivity index (χ3v) is 4.90. The molecule has 0 spiro atoms. The smallest absolute Gasteiger partial charge is 0.154 e. The van der Waals surface area contributed by atoms with Crippen molar-refractivity contribution >= 4 is 11.5 Å². The van der Waals surface area contributed by atoms with Crippen LogP contribution >= 0.6 is 0 Å². The quantitative estimate of drug-likeness (QED) is 0.679. The van der Waals surface area contributed by atoms with Gasteiger partial charge in [-0.05, 0) is 48.6 Å². The molecule has 0 amide bonds. The molecule has 3 aromatic rings. The maximum Gasteiger partial charge on any atom is 0.154 e. The topological polar surface area (TPSA) is 51.5 Å². The largest absolute Gasteiger partial charge is 0.496 e. The Hall–Kier alpha value is -2.56. The van der Waals surface area contributed by atoms with E-state index in [1.807, 2.05) is 28.9 Å². The Balaban J connectivity index is 2.09. The molecule has 0 saturated heterocycles. The molecule has 5 nitrogen and oxygen atoms in total. The fourth-order valence-electron chi connectivity index (χ4n) is 2.82. The summed E-state index contributed by atoms with van der Waals surface area (Å²) < 4.78 is 7.48. The van der Waals surface area contributed by atoms with Gasteiger partial charge in [0.05, 0.1) is 19.0 Å². The van der Waals surface area contributed by atoms with E-state index in [0.717, 1.165) is 28.5 Å². The van der Waals surface area contributed by atoms with Crippen LogP contribution in [0.1, 0.15) is 46.1 Å². The maximum absolute atomic E-state index is 5.59. The Bertz CT molecular complexity index is 898. The van der Waals surface area contributed by atoms with E-state index in [1.165, 1.54) is 5.56 Å². The van der Waals surface area contributed by atoms with Gasteiger partial charge in [0.15, 0.2) is 5.65 Å². The standard InChI is InChI=1S/C21H28N4O/c1-13(2)15(5)23-20-9-10-21-22-12-18(25(21)24-20)17-11-16(14(3)4)7-8-19(17)26-6/h7-15H,1-6H3,(H,23,24). The number of imidazole rings is 1. The third-order valence-electron chi connectivity index (χ3n) is 4.90. The lowest BCUT2D eigenvalue weighted by Gasteiger charge is -2.18. The summed E-state index contributed by atoms with van der Waals surface area (Å²) >= 11 is 0. The van der Waals surface area contributed by atoms with Crippen molar-refractivity contribution in [2.24, 2.45) is 5.92 Å². The second kappa shape index (κ2) is 7.36. The molecule has 0 aliphatic carbocycles. The summed E-state index contributed by atoms with van der Waals surface area (Å²) in [5, 5.41) is 8.24. The Labute approximate surface area is 155 Å². The minimum absolute atomic E-state index is 0.339. The molecule has 0 fully saturated rings. The number of nitrogens with one attached hydrogen (secondary N) is 1. The average Bonchev–Trinajstić information content (AvgIpc) is 3.04. The number of aromatic nitrogens is 3. The van der Waals surface area contributed by atoms with Crippen LogP contribution < -0.4 is 10.1 Å². The predicted molar refractivity (Wildman–Crippen MR) is 107 cm³/mol. The zero-order valence-electron chi connectivity index (χ0n) is 16.4. The van der Waals surface area contributed by atoms with Gasteiger partial charge in [-0.2, -0.15) is 0 Å².